The maximum Gasteiger partial charge on any atom is 0.225 e. The van der Waals surface area contributed by atoms with Gasteiger partial charge in [-0.25, -0.2) is 4.98 Å². The summed E-state index contributed by atoms with van der Waals surface area (Å²) in [6.45, 7) is 7.06. The minimum atomic E-state index is 0.305. The van der Waals surface area contributed by atoms with Crippen LogP contribution in [0, 0.1) is 6.92 Å². The van der Waals surface area contributed by atoms with Crippen LogP contribution in [0.2, 0.25) is 0 Å². The van der Waals surface area contributed by atoms with E-state index in [1.807, 2.05) is 24.3 Å². The van der Waals surface area contributed by atoms with Gasteiger partial charge in [0.05, 0.1) is 11.4 Å². The van der Waals surface area contributed by atoms with Gasteiger partial charge in [-0.15, -0.1) is 0 Å². The molecule has 1 aromatic carbocycles. The van der Waals surface area contributed by atoms with Crippen LogP contribution in [0.15, 0.2) is 54.7 Å². The molecule has 3 aromatic rings. The molecule has 0 aliphatic rings. The monoisotopic (exact) mass is 347 g/mol. The van der Waals surface area contributed by atoms with Gasteiger partial charge < -0.3 is 10.6 Å². The van der Waals surface area contributed by atoms with Gasteiger partial charge >= 0.3 is 0 Å². The van der Waals surface area contributed by atoms with E-state index < -0.39 is 0 Å². The van der Waals surface area contributed by atoms with Crippen LogP contribution in [-0.4, -0.2) is 21.0 Å². The molecule has 26 heavy (non-hydrogen) atoms. The summed E-state index contributed by atoms with van der Waals surface area (Å²) < 4.78 is 0. The van der Waals surface area contributed by atoms with Crippen molar-refractivity contribution in [2.45, 2.75) is 39.8 Å². The number of aromatic nitrogens is 3. The Hall–Kier alpha value is -2.95. The fourth-order valence-corrected chi connectivity index (χ4v) is 2.47. The van der Waals surface area contributed by atoms with E-state index in [9.17, 15) is 0 Å². The molecule has 2 N–H and O–H groups in total. The Kier molecular flexibility index (Phi) is 5.79. The summed E-state index contributed by atoms with van der Waals surface area (Å²) in [7, 11) is 0. The van der Waals surface area contributed by atoms with Crippen molar-refractivity contribution in [3.05, 3.63) is 65.9 Å². The van der Waals surface area contributed by atoms with Gasteiger partial charge in [0, 0.05) is 24.8 Å². The summed E-state index contributed by atoms with van der Waals surface area (Å²) >= 11 is 0. The minimum Gasteiger partial charge on any atom is -0.366 e. The molecule has 3 rings (SSSR count). The lowest BCUT2D eigenvalue weighted by atomic mass is 10.1. The summed E-state index contributed by atoms with van der Waals surface area (Å²) in [5.41, 5.74) is 4.11. The minimum absolute atomic E-state index is 0.305. The first kappa shape index (κ1) is 17.9. The molecule has 1 atom stereocenters. The lowest BCUT2D eigenvalue weighted by molar-refractivity contribution is 0.753. The number of anilines is 2. The first-order chi connectivity index (χ1) is 12.6. The van der Waals surface area contributed by atoms with Gasteiger partial charge in [-0.1, -0.05) is 42.8 Å². The highest BCUT2D eigenvalue weighted by Crippen LogP contribution is 2.20. The molecular formula is C21H25N5. The van der Waals surface area contributed by atoms with Crippen molar-refractivity contribution < 1.29 is 0 Å². The molecule has 0 spiro atoms. The van der Waals surface area contributed by atoms with Gasteiger partial charge in [-0.3, -0.25) is 4.98 Å². The van der Waals surface area contributed by atoms with Crippen LogP contribution in [0.25, 0.3) is 11.4 Å². The summed E-state index contributed by atoms with van der Waals surface area (Å²) in [5, 5.41) is 6.76. The molecule has 0 aliphatic heterocycles. The standard InChI is InChI=1S/C21H25N5/c1-4-16(3)24-21-25-19(18-7-5-6-12-22-18)13-20(26-21)23-14-17-10-8-15(2)9-11-17/h5-13,16H,4,14H2,1-3H3,(H2,23,24,25,26)/t16-/m0/s1. The third-order valence-corrected chi connectivity index (χ3v) is 4.24. The van der Waals surface area contributed by atoms with Gasteiger partial charge in [0.1, 0.15) is 5.82 Å². The number of nitrogens with zero attached hydrogens (tertiary/aromatic N) is 3. The van der Waals surface area contributed by atoms with E-state index in [0.717, 1.165) is 23.6 Å². The third-order valence-electron chi connectivity index (χ3n) is 4.24. The van der Waals surface area contributed by atoms with Crippen LogP contribution in [0.4, 0.5) is 11.8 Å². The molecule has 5 nitrogen and oxygen atoms in total. The molecule has 2 heterocycles. The molecule has 0 radical (unpaired) electrons. The van der Waals surface area contributed by atoms with Gasteiger partial charge in [0.25, 0.3) is 0 Å². The van der Waals surface area contributed by atoms with Crippen molar-refractivity contribution in [3.8, 4) is 11.4 Å². The molecule has 0 aliphatic carbocycles. The average molecular weight is 347 g/mol. The van der Waals surface area contributed by atoms with Gasteiger partial charge in [0.15, 0.2) is 0 Å². The normalized spacial score (nSPS) is 11.8. The molecule has 5 heteroatoms. The van der Waals surface area contributed by atoms with E-state index in [-0.39, 0.29) is 0 Å². The largest absolute Gasteiger partial charge is 0.366 e. The summed E-state index contributed by atoms with van der Waals surface area (Å²) in [5.74, 6) is 1.40. The van der Waals surface area contributed by atoms with Crippen molar-refractivity contribution in [3.63, 3.8) is 0 Å². The number of benzene rings is 1. The van der Waals surface area contributed by atoms with E-state index in [1.165, 1.54) is 11.1 Å². The zero-order valence-electron chi connectivity index (χ0n) is 15.5. The van der Waals surface area contributed by atoms with E-state index in [4.69, 9.17) is 0 Å². The SMILES string of the molecule is CC[C@H](C)Nc1nc(NCc2ccc(C)cc2)cc(-c2ccccn2)n1. The first-order valence-corrected chi connectivity index (χ1v) is 9.00. The summed E-state index contributed by atoms with van der Waals surface area (Å²) in [6, 6.07) is 16.6. The van der Waals surface area contributed by atoms with Crippen LogP contribution >= 0.6 is 0 Å². The zero-order chi connectivity index (χ0) is 18.4. The van der Waals surface area contributed by atoms with Crippen LogP contribution in [0.3, 0.4) is 0 Å². The van der Waals surface area contributed by atoms with Crippen molar-refractivity contribution >= 4 is 11.8 Å². The Morgan fingerprint density at radius 3 is 2.50 bits per heavy atom. The summed E-state index contributed by atoms with van der Waals surface area (Å²) in [4.78, 5) is 13.7. The predicted molar refractivity (Wildman–Crippen MR) is 107 cm³/mol. The molecule has 0 unspecified atom stereocenters. The number of hydrogen-bond donors (Lipinski definition) is 2. The van der Waals surface area contributed by atoms with Gasteiger partial charge in [-0.2, -0.15) is 4.98 Å². The number of pyridine rings is 1. The summed E-state index contributed by atoms with van der Waals surface area (Å²) in [6.07, 6.45) is 2.78. The fraction of sp³-hybridized carbons (Fsp3) is 0.286. The van der Waals surface area contributed by atoms with Crippen LogP contribution in [0.1, 0.15) is 31.4 Å². The smallest absolute Gasteiger partial charge is 0.225 e. The second kappa shape index (κ2) is 8.43. The lowest BCUT2D eigenvalue weighted by Gasteiger charge is -2.14. The number of nitrogens with one attached hydrogen (secondary N) is 2. The molecule has 0 bridgehead atoms. The number of hydrogen-bond acceptors (Lipinski definition) is 5. The number of aryl methyl sites for hydroxylation is 1. The Morgan fingerprint density at radius 2 is 1.81 bits per heavy atom. The first-order valence-electron chi connectivity index (χ1n) is 9.00. The predicted octanol–water partition coefficient (Wildman–Crippen LogP) is 4.67. The maximum absolute atomic E-state index is 4.63. The Labute approximate surface area is 154 Å². The second-order valence-corrected chi connectivity index (χ2v) is 6.47. The van der Waals surface area contributed by atoms with E-state index in [0.29, 0.717) is 18.5 Å². The molecular weight excluding hydrogens is 322 g/mol. The highest BCUT2D eigenvalue weighted by molar-refractivity contribution is 5.61. The quantitative estimate of drug-likeness (QED) is 0.650. The second-order valence-electron chi connectivity index (χ2n) is 6.47. The lowest BCUT2D eigenvalue weighted by Crippen LogP contribution is -2.16. The molecule has 0 saturated heterocycles. The van der Waals surface area contributed by atoms with E-state index >= 15 is 0 Å². The maximum atomic E-state index is 4.63. The van der Waals surface area contributed by atoms with Crippen LogP contribution in [0.5, 0.6) is 0 Å². The third kappa shape index (κ3) is 4.79. The average Bonchev–Trinajstić information content (AvgIpc) is 2.68. The van der Waals surface area contributed by atoms with E-state index in [2.05, 4.69) is 70.6 Å². The zero-order valence-corrected chi connectivity index (χ0v) is 15.5. The molecule has 0 saturated carbocycles. The number of rotatable bonds is 7. The topological polar surface area (TPSA) is 62.7 Å². The Balaban J connectivity index is 1.85. The molecule has 0 fully saturated rings. The molecule has 134 valence electrons. The van der Waals surface area contributed by atoms with Crippen molar-refractivity contribution in [2.24, 2.45) is 0 Å². The fourth-order valence-electron chi connectivity index (χ4n) is 2.47. The van der Waals surface area contributed by atoms with E-state index in [1.54, 1.807) is 6.20 Å². The van der Waals surface area contributed by atoms with Crippen molar-refractivity contribution in [2.75, 3.05) is 10.6 Å². The van der Waals surface area contributed by atoms with Gasteiger partial charge in [0.2, 0.25) is 5.95 Å². The van der Waals surface area contributed by atoms with Gasteiger partial charge in [-0.05, 0) is 38.0 Å². The Bertz CT molecular complexity index is 831. The Morgan fingerprint density at radius 1 is 1.00 bits per heavy atom. The van der Waals surface area contributed by atoms with Crippen molar-refractivity contribution in [1.82, 2.24) is 15.0 Å². The highest BCUT2D eigenvalue weighted by atomic mass is 15.2. The van der Waals surface area contributed by atoms with Crippen LogP contribution in [-0.2, 0) is 6.54 Å². The van der Waals surface area contributed by atoms with Crippen molar-refractivity contribution in [1.29, 1.82) is 0 Å². The highest BCUT2D eigenvalue weighted by Gasteiger charge is 2.09. The van der Waals surface area contributed by atoms with Crippen LogP contribution < -0.4 is 10.6 Å². The molecule has 2 aromatic heterocycles. The molecule has 0 amide bonds.